The summed E-state index contributed by atoms with van der Waals surface area (Å²) in [6.07, 6.45) is 0.876. The number of hydrogen-bond acceptors (Lipinski definition) is 2. The van der Waals surface area contributed by atoms with E-state index in [1.807, 2.05) is 42.5 Å². The maximum atomic E-state index is 11.0. The van der Waals surface area contributed by atoms with Crippen LogP contribution in [0.4, 0.5) is 0 Å². The van der Waals surface area contributed by atoms with Crippen LogP contribution in [0.1, 0.15) is 15.9 Å². The summed E-state index contributed by atoms with van der Waals surface area (Å²) in [7, 11) is 0. The second kappa shape index (κ2) is 6.41. The number of carbonyl (C=O) groups is 1. The van der Waals surface area contributed by atoms with Gasteiger partial charge in [-0.2, -0.15) is 0 Å². The predicted molar refractivity (Wildman–Crippen MR) is 80.5 cm³/mol. The maximum absolute atomic E-state index is 11.0. The third kappa shape index (κ3) is 3.37. The highest BCUT2D eigenvalue weighted by molar-refractivity contribution is 9.10. The molecule has 2 rings (SSSR count). The van der Waals surface area contributed by atoms with Crippen molar-refractivity contribution in [2.75, 3.05) is 0 Å². The van der Waals surface area contributed by atoms with Gasteiger partial charge in [0.2, 0.25) is 0 Å². The summed E-state index contributed by atoms with van der Waals surface area (Å²) in [6.45, 7) is 0. The van der Waals surface area contributed by atoms with Crippen molar-refractivity contribution in [3.05, 3.63) is 63.1 Å². The quantitative estimate of drug-likeness (QED) is 0.561. The van der Waals surface area contributed by atoms with Crippen molar-refractivity contribution in [1.29, 1.82) is 0 Å². The molecule has 0 aliphatic rings. The van der Waals surface area contributed by atoms with E-state index in [1.54, 1.807) is 11.8 Å². The average molecular weight is 342 g/mol. The molecule has 0 spiro atoms. The standard InChI is InChI=1S/C14H10BrClOS/c15-12-6-5-10(8-17)14(7-12)18-9-11-3-1-2-4-13(11)16/h1-8H,9H2. The van der Waals surface area contributed by atoms with Crippen molar-refractivity contribution in [1.82, 2.24) is 0 Å². The van der Waals surface area contributed by atoms with Crippen molar-refractivity contribution in [2.24, 2.45) is 0 Å². The Hall–Kier alpha value is -0.770. The van der Waals surface area contributed by atoms with Gasteiger partial charge in [0.1, 0.15) is 0 Å². The summed E-state index contributed by atoms with van der Waals surface area (Å²) in [5, 5.41) is 0.757. The van der Waals surface area contributed by atoms with Gasteiger partial charge in [-0.1, -0.05) is 45.7 Å². The van der Waals surface area contributed by atoms with Crippen LogP contribution in [0.2, 0.25) is 5.02 Å². The smallest absolute Gasteiger partial charge is 0.151 e. The summed E-state index contributed by atoms with van der Waals surface area (Å²) >= 11 is 11.1. The lowest BCUT2D eigenvalue weighted by atomic mass is 10.2. The Kier molecular flexibility index (Phi) is 4.87. The van der Waals surface area contributed by atoms with Crippen LogP contribution in [-0.4, -0.2) is 6.29 Å². The van der Waals surface area contributed by atoms with Crippen LogP contribution >= 0.6 is 39.3 Å². The van der Waals surface area contributed by atoms with Crippen molar-refractivity contribution in [3.63, 3.8) is 0 Å². The van der Waals surface area contributed by atoms with Gasteiger partial charge in [0.05, 0.1) is 0 Å². The normalized spacial score (nSPS) is 10.3. The van der Waals surface area contributed by atoms with Gasteiger partial charge >= 0.3 is 0 Å². The highest BCUT2D eigenvalue weighted by atomic mass is 79.9. The van der Waals surface area contributed by atoms with Gasteiger partial charge in [0, 0.05) is 25.7 Å². The zero-order chi connectivity index (χ0) is 13.0. The minimum Gasteiger partial charge on any atom is -0.298 e. The number of carbonyl (C=O) groups excluding carboxylic acids is 1. The summed E-state index contributed by atoms with van der Waals surface area (Å²) in [5.41, 5.74) is 1.77. The van der Waals surface area contributed by atoms with Crippen LogP contribution in [0, 0.1) is 0 Å². The molecular formula is C14H10BrClOS. The van der Waals surface area contributed by atoms with Gasteiger partial charge in [0.15, 0.2) is 6.29 Å². The van der Waals surface area contributed by atoms with Crippen LogP contribution in [0.15, 0.2) is 51.8 Å². The molecule has 0 atom stereocenters. The molecule has 0 fully saturated rings. The fourth-order valence-electron chi connectivity index (χ4n) is 1.50. The van der Waals surface area contributed by atoms with E-state index in [0.717, 1.165) is 32.0 Å². The number of thioether (sulfide) groups is 1. The fraction of sp³-hybridized carbons (Fsp3) is 0.0714. The van der Waals surface area contributed by atoms with E-state index in [2.05, 4.69) is 15.9 Å². The zero-order valence-corrected chi connectivity index (χ0v) is 12.6. The highest BCUT2D eigenvalue weighted by Gasteiger charge is 2.05. The molecule has 2 aromatic carbocycles. The van der Waals surface area contributed by atoms with Crippen molar-refractivity contribution < 1.29 is 4.79 Å². The molecule has 0 aromatic heterocycles. The minimum atomic E-state index is 0.704. The topological polar surface area (TPSA) is 17.1 Å². The zero-order valence-electron chi connectivity index (χ0n) is 9.40. The summed E-state index contributed by atoms with van der Waals surface area (Å²) in [6, 6.07) is 13.4. The molecule has 0 N–H and O–H groups in total. The maximum Gasteiger partial charge on any atom is 0.151 e. The monoisotopic (exact) mass is 340 g/mol. The van der Waals surface area contributed by atoms with Crippen molar-refractivity contribution >= 4 is 45.6 Å². The van der Waals surface area contributed by atoms with E-state index in [1.165, 1.54) is 0 Å². The molecule has 0 aliphatic carbocycles. The molecule has 4 heteroatoms. The van der Waals surface area contributed by atoms with E-state index in [9.17, 15) is 4.79 Å². The van der Waals surface area contributed by atoms with E-state index < -0.39 is 0 Å². The molecule has 18 heavy (non-hydrogen) atoms. The Labute approximate surface area is 124 Å². The third-order valence-corrected chi connectivity index (χ3v) is 4.43. The lowest BCUT2D eigenvalue weighted by molar-refractivity contribution is 0.112. The van der Waals surface area contributed by atoms with E-state index in [0.29, 0.717) is 5.56 Å². The first-order valence-electron chi connectivity index (χ1n) is 5.31. The van der Waals surface area contributed by atoms with Crippen LogP contribution in [0.5, 0.6) is 0 Å². The first kappa shape index (κ1) is 13.7. The Morgan fingerprint density at radius 3 is 2.72 bits per heavy atom. The molecule has 0 heterocycles. The number of hydrogen-bond donors (Lipinski definition) is 0. The summed E-state index contributed by atoms with van der Waals surface area (Å²) < 4.78 is 0.967. The van der Waals surface area contributed by atoms with Gasteiger partial charge in [0.25, 0.3) is 0 Å². The number of benzene rings is 2. The number of rotatable bonds is 4. The van der Waals surface area contributed by atoms with Gasteiger partial charge in [-0.15, -0.1) is 11.8 Å². The molecule has 0 saturated carbocycles. The van der Waals surface area contributed by atoms with E-state index in [4.69, 9.17) is 11.6 Å². The Bertz CT molecular complexity index is 571. The number of aldehydes is 1. The molecule has 0 amide bonds. The second-order valence-electron chi connectivity index (χ2n) is 3.68. The van der Waals surface area contributed by atoms with E-state index in [-0.39, 0.29) is 0 Å². The Balaban J connectivity index is 2.18. The average Bonchev–Trinajstić information content (AvgIpc) is 2.38. The van der Waals surface area contributed by atoms with Crippen molar-refractivity contribution in [2.45, 2.75) is 10.6 Å². The highest BCUT2D eigenvalue weighted by Crippen LogP contribution is 2.30. The second-order valence-corrected chi connectivity index (χ2v) is 6.02. The number of halogens is 2. The van der Waals surface area contributed by atoms with Gasteiger partial charge < -0.3 is 0 Å². The molecule has 2 aromatic rings. The summed E-state index contributed by atoms with van der Waals surface area (Å²) in [4.78, 5) is 11.9. The van der Waals surface area contributed by atoms with Crippen LogP contribution < -0.4 is 0 Å². The lowest BCUT2D eigenvalue weighted by Crippen LogP contribution is -1.87. The van der Waals surface area contributed by atoms with E-state index >= 15 is 0 Å². The minimum absolute atomic E-state index is 0.704. The molecule has 0 saturated heterocycles. The molecule has 92 valence electrons. The first-order valence-corrected chi connectivity index (χ1v) is 7.47. The van der Waals surface area contributed by atoms with Crippen LogP contribution in [-0.2, 0) is 5.75 Å². The molecule has 0 unspecified atom stereocenters. The molecule has 0 radical (unpaired) electrons. The van der Waals surface area contributed by atoms with Crippen LogP contribution in [0.25, 0.3) is 0 Å². The SMILES string of the molecule is O=Cc1ccc(Br)cc1SCc1ccccc1Cl. The predicted octanol–water partition coefficient (Wildman–Crippen LogP) is 5.21. The summed E-state index contributed by atoms with van der Waals surface area (Å²) in [5.74, 6) is 0.747. The molecule has 0 aliphatic heterocycles. The van der Waals surface area contributed by atoms with Gasteiger partial charge in [-0.3, -0.25) is 4.79 Å². The fourth-order valence-corrected chi connectivity index (χ4v) is 3.35. The largest absolute Gasteiger partial charge is 0.298 e. The third-order valence-electron chi connectivity index (χ3n) is 2.44. The van der Waals surface area contributed by atoms with Gasteiger partial charge in [-0.05, 0) is 29.8 Å². The first-order chi connectivity index (χ1) is 8.70. The Morgan fingerprint density at radius 1 is 1.22 bits per heavy atom. The lowest BCUT2D eigenvalue weighted by Gasteiger charge is -2.06. The Morgan fingerprint density at radius 2 is 2.00 bits per heavy atom. The van der Waals surface area contributed by atoms with Crippen molar-refractivity contribution in [3.8, 4) is 0 Å². The molecule has 0 bridgehead atoms. The molecular weight excluding hydrogens is 332 g/mol. The van der Waals surface area contributed by atoms with Crippen LogP contribution in [0.3, 0.4) is 0 Å². The molecule has 1 nitrogen and oxygen atoms in total. The van der Waals surface area contributed by atoms with Gasteiger partial charge in [-0.25, -0.2) is 0 Å².